The van der Waals surface area contributed by atoms with Crippen LogP contribution in [0.25, 0.3) is 0 Å². The van der Waals surface area contributed by atoms with Crippen LogP contribution in [-0.2, 0) is 9.59 Å². The molecule has 0 radical (unpaired) electrons. The zero-order chi connectivity index (χ0) is 15.0. The average Bonchev–Trinajstić information content (AvgIpc) is 2.37. The standard InChI is InChI=1S/C14H16F2N2O2/c1-7(2)12-14(20)18(6-10(19)17-12)13-9(15)5-4-8(3)11(13)16/h4-5,7,12H,6H2,1-3H3,(H,17,19). The summed E-state index contributed by atoms with van der Waals surface area (Å²) >= 11 is 0. The van der Waals surface area contributed by atoms with Gasteiger partial charge < -0.3 is 5.32 Å². The predicted molar refractivity (Wildman–Crippen MR) is 70.2 cm³/mol. The number of piperazine rings is 1. The van der Waals surface area contributed by atoms with Crippen LogP contribution in [0.15, 0.2) is 12.1 Å². The van der Waals surface area contributed by atoms with Gasteiger partial charge in [0, 0.05) is 0 Å². The summed E-state index contributed by atoms with van der Waals surface area (Å²) in [5.41, 5.74) is -0.225. The Morgan fingerprint density at radius 2 is 1.95 bits per heavy atom. The van der Waals surface area contributed by atoms with E-state index in [9.17, 15) is 18.4 Å². The van der Waals surface area contributed by atoms with Gasteiger partial charge in [-0.2, -0.15) is 0 Å². The SMILES string of the molecule is Cc1ccc(F)c(N2CC(=O)NC(C(C)C)C2=O)c1F. The first-order chi connectivity index (χ1) is 9.32. The second-order valence-electron chi connectivity index (χ2n) is 5.24. The minimum Gasteiger partial charge on any atom is -0.342 e. The number of aryl methyl sites for hydroxylation is 1. The molecule has 1 aliphatic heterocycles. The maximum atomic E-state index is 14.1. The lowest BCUT2D eigenvalue weighted by Gasteiger charge is -2.34. The number of hydrogen-bond donors (Lipinski definition) is 1. The lowest BCUT2D eigenvalue weighted by molar-refractivity contribution is -0.132. The fourth-order valence-electron chi connectivity index (χ4n) is 2.20. The molecule has 1 N–H and O–H groups in total. The number of halogens is 2. The number of nitrogens with zero attached hydrogens (tertiary/aromatic N) is 1. The van der Waals surface area contributed by atoms with Crippen molar-refractivity contribution in [2.75, 3.05) is 11.4 Å². The zero-order valence-electron chi connectivity index (χ0n) is 11.5. The summed E-state index contributed by atoms with van der Waals surface area (Å²) in [5, 5.41) is 2.54. The summed E-state index contributed by atoms with van der Waals surface area (Å²) in [4.78, 5) is 24.9. The van der Waals surface area contributed by atoms with Gasteiger partial charge in [0.1, 0.15) is 24.1 Å². The Morgan fingerprint density at radius 1 is 1.30 bits per heavy atom. The van der Waals surface area contributed by atoms with Crippen molar-refractivity contribution in [2.24, 2.45) is 5.92 Å². The van der Waals surface area contributed by atoms with E-state index in [2.05, 4.69) is 5.32 Å². The van der Waals surface area contributed by atoms with Gasteiger partial charge in [0.05, 0.1) is 0 Å². The largest absolute Gasteiger partial charge is 0.342 e. The van der Waals surface area contributed by atoms with Crippen LogP contribution in [0.4, 0.5) is 14.5 Å². The average molecular weight is 282 g/mol. The Balaban J connectivity index is 2.49. The molecule has 1 aliphatic rings. The van der Waals surface area contributed by atoms with Crippen molar-refractivity contribution in [3.8, 4) is 0 Å². The molecule has 1 atom stereocenters. The lowest BCUT2D eigenvalue weighted by Crippen LogP contribution is -2.60. The van der Waals surface area contributed by atoms with Crippen LogP contribution in [0, 0.1) is 24.5 Å². The summed E-state index contributed by atoms with van der Waals surface area (Å²) in [6, 6.07) is 1.62. The van der Waals surface area contributed by atoms with Crippen molar-refractivity contribution in [1.82, 2.24) is 5.32 Å². The molecule has 1 unspecified atom stereocenters. The lowest BCUT2D eigenvalue weighted by atomic mass is 10.00. The van der Waals surface area contributed by atoms with Crippen molar-refractivity contribution >= 4 is 17.5 Å². The molecule has 2 rings (SSSR count). The molecule has 0 aliphatic carbocycles. The second kappa shape index (κ2) is 5.19. The highest BCUT2D eigenvalue weighted by Gasteiger charge is 2.37. The molecule has 1 aromatic carbocycles. The minimum absolute atomic E-state index is 0.162. The molecule has 1 fully saturated rings. The van der Waals surface area contributed by atoms with E-state index in [1.165, 1.54) is 13.0 Å². The van der Waals surface area contributed by atoms with Crippen LogP contribution >= 0.6 is 0 Å². The van der Waals surface area contributed by atoms with E-state index in [0.717, 1.165) is 11.0 Å². The first-order valence-electron chi connectivity index (χ1n) is 6.38. The Morgan fingerprint density at radius 3 is 2.55 bits per heavy atom. The minimum atomic E-state index is -0.848. The van der Waals surface area contributed by atoms with Crippen molar-refractivity contribution in [2.45, 2.75) is 26.8 Å². The quantitative estimate of drug-likeness (QED) is 0.898. The molecule has 20 heavy (non-hydrogen) atoms. The second-order valence-corrected chi connectivity index (χ2v) is 5.24. The van der Waals surface area contributed by atoms with Gasteiger partial charge in [-0.15, -0.1) is 0 Å². The first kappa shape index (κ1) is 14.4. The molecule has 6 heteroatoms. The molecule has 1 heterocycles. The Labute approximate surface area is 115 Å². The van der Waals surface area contributed by atoms with Crippen LogP contribution in [0.1, 0.15) is 19.4 Å². The van der Waals surface area contributed by atoms with Crippen LogP contribution in [0.5, 0.6) is 0 Å². The number of carbonyl (C=O) groups is 2. The monoisotopic (exact) mass is 282 g/mol. The van der Waals surface area contributed by atoms with Gasteiger partial charge in [-0.3, -0.25) is 14.5 Å². The summed E-state index contributed by atoms with van der Waals surface area (Å²) < 4.78 is 28.0. The molecule has 0 saturated carbocycles. The normalized spacial score (nSPS) is 19.5. The van der Waals surface area contributed by atoms with Gasteiger partial charge in [-0.1, -0.05) is 19.9 Å². The van der Waals surface area contributed by atoms with Crippen LogP contribution in [0.3, 0.4) is 0 Å². The van der Waals surface area contributed by atoms with Crippen molar-refractivity contribution in [3.05, 3.63) is 29.3 Å². The van der Waals surface area contributed by atoms with E-state index in [1.807, 2.05) is 0 Å². The van der Waals surface area contributed by atoms with Gasteiger partial charge in [0.2, 0.25) is 11.8 Å². The summed E-state index contributed by atoms with van der Waals surface area (Å²) in [5.74, 6) is -2.74. The highest BCUT2D eigenvalue weighted by atomic mass is 19.1. The fraction of sp³-hybridized carbons (Fsp3) is 0.429. The number of rotatable bonds is 2. The third-order valence-electron chi connectivity index (χ3n) is 3.35. The van der Waals surface area contributed by atoms with E-state index < -0.39 is 35.2 Å². The van der Waals surface area contributed by atoms with Gasteiger partial charge in [-0.25, -0.2) is 8.78 Å². The highest BCUT2D eigenvalue weighted by molar-refractivity contribution is 6.06. The fourth-order valence-corrected chi connectivity index (χ4v) is 2.20. The molecular weight excluding hydrogens is 266 g/mol. The van der Waals surface area contributed by atoms with Gasteiger partial charge in [-0.05, 0) is 24.5 Å². The van der Waals surface area contributed by atoms with Crippen LogP contribution in [0.2, 0.25) is 0 Å². The molecule has 0 bridgehead atoms. The van der Waals surface area contributed by atoms with Crippen molar-refractivity contribution < 1.29 is 18.4 Å². The first-order valence-corrected chi connectivity index (χ1v) is 6.38. The number of benzene rings is 1. The predicted octanol–water partition coefficient (Wildman–Crippen LogP) is 1.76. The molecular formula is C14H16F2N2O2. The topological polar surface area (TPSA) is 49.4 Å². The Hall–Kier alpha value is -1.98. The third-order valence-corrected chi connectivity index (χ3v) is 3.35. The molecule has 4 nitrogen and oxygen atoms in total. The third kappa shape index (κ3) is 2.37. The highest BCUT2D eigenvalue weighted by Crippen LogP contribution is 2.28. The van der Waals surface area contributed by atoms with Crippen LogP contribution < -0.4 is 10.2 Å². The zero-order valence-corrected chi connectivity index (χ0v) is 11.5. The van der Waals surface area contributed by atoms with Crippen molar-refractivity contribution in [3.63, 3.8) is 0 Å². The summed E-state index contributed by atoms with van der Waals surface area (Å²) in [6.07, 6.45) is 0. The number of nitrogens with one attached hydrogen (secondary N) is 1. The van der Waals surface area contributed by atoms with Crippen LogP contribution in [-0.4, -0.2) is 24.4 Å². The van der Waals surface area contributed by atoms with Crippen molar-refractivity contribution in [1.29, 1.82) is 0 Å². The molecule has 0 spiro atoms. The smallest absolute Gasteiger partial charge is 0.250 e. The molecule has 1 saturated heterocycles. The molecule has 108 valence electrons. The van der Waals surface area contributed by atoms with E-state index in [0.29, 0.717) is 0 Å². The van der Waals surface area contributed by atoms with Gasteiger partial charge in [0.25, 0.3) is 0 Å². The number of hydrogen-bond acceptors (Lipinski definition) is 2. The maximum absolute atomic E-state index is 14.1. The van der Waals surface area contributed by atoms with Gasteiger partial charge >= 0.3 is 0 Å². The molecule has 1 aromatic rings. The van der Waals surface area contributed by atoms with E-state index >= 15 is 0 Å². The number of anilines is 1. The summed E-state index contributed by atoms with van der Waals surface area (Å²) in [6.45, 7) is 4.62. The Kier molecular flexibility index (Phi) is 3.74. The Bertz CT molecular complexity index is 573. The number of amides is 2. The number of carbonyl (C=O) groups excluding carboxylic acids is 2. The molecule has 2 amide bonds. The van der Waals surface area contributed by atoms with E-state index in [1.54, 1.807) is 13.8 Å². The van der Waals surface area contributed by atoms with E-state index in [-0.39, 0.29) is 18.0 Å². The van der Waals surface area contributed by atoms with Gasteiger partial charge in [0.15, 0.2) is 5.82 Å². The molecule has 0 aromatic heterocycles. The summed E-state index contributed by atoms with van der Waals surface area (Å²) in [7, 11) is 0. The van der Waals surface area contributed by atoms with E-state index in [4.69, 9.17) is 0 Å². The maximum Gasteiger partial charge on any atom is 0.250 e.